The number of rotatable bonds is 9. The van der Waals surface area contributed by atoms with Gasteiger partial charge in [-0.2, -0.15) is 5.10 Å². The number of hydrogen-bond donors (Lipinski definition) is 1. The molecular formula is C13H25N3O. The molecule has 0 saturated heterocycles. The molecule has 0 fully saturated rings. The summed E-state index contributed by atoms with van der Waals surface area (Å²) in [7, 11) is 0. The van der Waals surface area contributed by atoms with Crippen molar-refractivity contribution in [2.75, 3.05) is 19.7 Å². The van der Waals surface area contributed by atoms with Gasteiger partial charge in [-0.25, -0.2) is 0 Å². The van der Waals surface area contributed by atoms with Gasteiger partial charge in [0, 0.05) is 12.6 Å². The van der Waals surface area contributed by atoms with Crippen molar-refractivity contribution in [3.05, 3.63) is 12.4 Å². The van der Waals surface area contributed by atoms with Gasteiger partial charge in [-0.05, 0) is 26.8 Å². The van der Waals surface area contributed by atoms with Crippen molar-refractivity contribution in [1.29, 1.82) is 0 Å². The molecule has 17 heavy (non-hydrogen) atoms. The van der Waals surface area contributed by atoms with Crippen LogP contribution in [0.25, 0.3) is 0 Å². The molecule has 0 radical (unpaired) electrons. The Labute approximate surface area is 104 Å². The van der Waals surface area contributed by atoms with Crippen LogP contribution in [-0.4, -0.2) is 29.5 Å². The first kappa shape index (κ1) is 14.0. The minimum Gasteiger partial charge on any atom is -0.489 e. The van der Waals surface area contributed by atoms with Gasteiger partial charge < -0.3 is 10.1 Å². The monoisotopic (exact) mass is 239 g/mol. The number of aromatic nitrogens is 2. The molecule has 1 heterocycles. The summed E-state index contributed by atoms with van der Waals surface area (Å²) in [4.78, 5) is 0. The lowest BCUT2D eigenvalue weighted by atomic mass is 10.2. The maximum atomic E-state index is 5.60. The normalized spacial score (nSPS) is 11.1. The predicted octanol–water partition coefficient (Wildman–Crippen LogP) is 2.62. The van der Waals surface area contributed by atoms with Crippen LogP contribution in [0.4, 0.5) is 0 Å². The highest BCUT2D eigenvalue weighted by Gasteiger charge is 2.01. The van der Waals surface area contributed by atoms with Crippen molar-refractivity contribution < 1.29 is 4.74 Å². The van der Waals surface area contributed by atoms with Crippen molar-refractivity contribution in [1.82, 2.24) is 15.1 Å². The number of ether oxygens (including phenoxy) is 1. The Morgan fingerprint density at radius 3 is 2.82 bits per heavy atom. The highest BCUT2D eigenvalue weighted by molar-refractivity contribution is 5.11. The van der Waals surface area contributed by atoms with Gasteiger partial charge in [0.2, 0.25) is 0 Å². The van der Waals surface area contributed by atoms with Crippen LogP contribution in [0.1, 0.15) is 46.1 Å². The van der Waals surface area contributed by atoms with Gasteiger partial charge in [0.25, 0.3) is 0 Å². The Bertz CT molecular complexity index is 297. The van der Waals surface area contributed by atoms with Gasteiger partial charge in [0.1, 0.15) is 6.61 Å². The Kier molecular flexibility index (Phi) is 6.70. The van der Waals surface area contributed by atoms with E-state index in [1.807, 2.05) is 10.9 Å². The lowest BCUT2D eigenvalue weighted by Gasteiger charge is -2.06. The smallest absolute Gasteiger partial charge is 0.157 e. The van der Waals surface area contributed by atoms with Crippen LogP contribution < -0.4 is 10.1 Å². The zero-order valence-electron chi connectivity index (χ0n) is 11.3. The molecule has 4 heteroatoms. The van der Waals surface area contributed by atoms with Crippen LogP contribution in [0.15, 0.2) is 12.4 Å². The predicted molar refractivity (Wildman–Crippen MR) is 70.5 cm³/mol. The largest absolute Gasteiger partial charge is 0.489 e. The Hall–Kier alpha value is -1.03. The molecular weight excluding hydrogens is 214 g/mol. The number of hydrogen-bond acceptors (Lipinski definition) is 3. The van der Waals surface area contributed by atoms with Gasteiger partial charge in [-0.3, -0.25) is 4.68 Å². The van der Waals surface area contributed by atoms with E-state index in [0.29, 0.717) is 12.6 Å². The summed E-state index contributed by atoms with van der Waals surface area (Å²) >= 11 is 0. The van der Waals surface area contributed by atoms with Crippen molar-refractivity contribution in [2.24, 2.45) is 0 Å². The molecule has 0 saturated carbocycles. The first-order valence-corrected chi connectivity index (χ1v) is 6.61. The van der Waals surface area contributed by atoms with E-state index in [-0.39, 0.29) is 0 Å². The maximum absolute atomic E-state index is 5.60. The van der Waals surface area contributed by atoms with Crippen LogP contribution in [-0.2, 0) is 0 Å². The number of nitrogens with one attached hydrogen (secondary N) is 1. The van der Waals surface area contributed by atoms with E-state index < -0.39 is 0 Å². The molecule has 0 aliphatic heterocycles. The summed E-state index contributed by atoms with van der Waals surface area (Å²) in [6.45, 7) is 9.11. The van der Waals surface area contributed by atoms with E-state index in [2.05, 4.69) is 31.2 Å². The zero-order chi connectivity index (χ0) is 12.5. The third kappa shape index (κ3) is 5.73. The average molecular weight is 239 g/mol. The molecule has 98 valence electrons. The second-order valence-corrected chi connectivity index (χ2v) is 4.56. The molecule has 0 amide bonds. The molecule has 1 aromatic rings. The van der Waals surface area contributed by atoms with Crippen molar-refractivity contribution >= 4 is 0 Å². The molecule has 4 nitrogen and oxygen atoms in total. The fourth-order valence-electron chi connectivity index (χ4n) is 1.54. The van der Waals surface area contributed by atoms with Crippen LogP contribution in [0, 0.1) is 0 Å². The summed E-state index contributed by atoms with van der Waals surface area (Å²) in [5, 5.41) is 7.59. The lowest BCUT2D eigenvalue weighted by Crippen LogP contribution is -2.21. The minimum atomic E-state index is 0.388. The fourth-order valence-corrected chi connectivity index (χ4v) is 1.54. The summed E-state index contributed by atoms with van der Waals surface area (Å²) in [6.07, 6.45) is 7.54. The Balaban J connectivity index is 2.05. The van der Waals surface area contributed by atoms with E-state index in [9.17, 15) is 0 Å². The van der Waals surface area contributed by atoms with Crippen molar-refractivity contribution in [3.63, 3.8) is 0 Å². The van der Waals surface area contributed by atoms with Gasteiger partial charge in [0.15, 0.2) is 5.75 Å². The molecule has 1 rings (SSSR count). The second kappa shape index (κ2) is 8.12. The number of nitrogens with zero attached hydrogens (tertiary/aromatic N) is 2. The third-order valence-corrected chi connectivity index (χ3v) is 2.61. The topological polar surface area (TPSA) is 39.1 Å². The molecule has 0 aromatic carbocycles. The summed E-state index contributed by atoms with van der Waals surface area (Å²) in [6, 6.07) is 0.388. The maximum Gasteiger partial charge on any atom is 0.157 e. The van der Waals surface area contributed by atoms with E-state index in [0.717, 1.165) is 18.8 Å². The van der Waals surface area contributed by atoms with Gasteiger partial charge in [-0.1, -0.05) is 19.8 Å². The van der Waals surface area contributed by atoms with E-state index in [1.54, 1.807) is 6.20 Å². The van der Waals surface area contributed by atoms with Crippen LogP contribution in [0.2, 0.25) is 0 Å². The van der Waals surface area contributed by atoms with Gasteiger partial charge in [-0.15, -0.1) is 0 Å². The molecule has 0 bridgehead atoms. The standard InChI is InChI=1S/C13H25N3O/c1-4-5-6-7-14-8-9-17-13-10-15-16(11-13)12(2)3/h10-12,14H,4-9H2,1-3H3. The van der Waals surface area contributed by atoms with Gasteiger partial charge >= 0.3 is 0 Å². The summed E-state index contributed by atoms with van der Waals surface area (Å²) < 4.78 is 7.50. The van der Waals surface area contributed by atoms with Crippen LogP contribution in [0.5, 0.6) is 5.75 Å². The van der Waals surface area contributed by atoms with E-state index in [4.69, 9.17) is 4.74 Å². The zero-order valence-corrected chi connectivity index (χ0v) is 11.3. The Morgan fingerprint density at radius 2 is 2.18 bits per heavy atom. The molecule has 0 atom stereocenters. The molecule has 0 spiro atoms. The molecule has 0 unspecified atom stereocenters. The Morgan fingerprint density at radius 1 is 1.35 bits per heavy atom. The summed E-state index contributed by atoms with van der Waals surface area (Å²) in [5.41, 5.74) is 0. The van der Waals surface area contributed by atoms with Crippen LogP contribution in [0.3, 0.4) is 0 Å². The van der Waals surface area contributed by atoms with Gasteiger partial charge in [0.05, 0.1) is 12.4 Å². The third-order valence-electron chi connectivity index (χ3n) is 2.61. The van der Waals surface area contributed by atoms with E-state index >= 15 is 0 Å². The first-order chi connectivity index (χ1) is 8.24. The van der Waals surface area contributed by atoms with E-state index in [1.165, 1.54) is 19.3 Å². The minimum absolute atomic E-state index is 0.388. The SMILES string of the molecule is CCCCCNCCOc1cnn(C(C)C)c1. The average Bonchev–Trinajstić information content (AvgIpc) is 2.77. The number of unbranched alkanes of at least 4 members (excludes halogenated alkanes) is 2. The molecule has 1 aromatic heterocycles. The molecule has 1 N–H and O–H groups in total. The fraction of sp³-hybridized carbons (Fsp3) is 0.769. The highest BCUT2D eigenvalue weighted by Crippen LogP contribution is 2.11. The summed E-state index contributed by atoms with van der Waals surface area (Å²) in [5.74, 6) is 0.856. The lowest BCUT2D eigenvalue weighted by molar-refractivity contribution is 0.313. The van der Waals surface area contributed by atoms with Crippen molar-refractivity contribution in [2.45, 2.75) is 46.1 Å². The van der Waals surface area contributed by atoms with Crippen molar-refractivity contribution in [3.8, 4) is 5.75 Å². The van der Waals surface area contributed by atoms with Crippen LogP contribution >= 0.6 is 0 Å². The molecule has 0 aliphatic carbocycles. The highest BCUT2D eigenvalue weighted by atomic mass is 16.5. The quantitative estimate of drug-likeness (QED) is 0.673. The second-order valence-electron chi connectivity index (χ2n) is 4.56. The first-order valence-electron chi connectivity index (χ1n) is 6.61. The molecule has 0 aliphatic rings.